The smallest absolute Gasteiger partial charge is 0.251 e. The summed E-state index contributed by atoms with van der Waals surface area (Å²) >= 11 is 1.70. The van der Waals surface area contributed by atoms with E-state index in [-0.39, 0.29) is 11.8 Å². The highest BCUT2D eigenvalue weighted by Crippen LogP contribution is 2.29. The van der Waals surface area contributed by atoms with Crippen LogP contribution in [0.4, 0.5) is 0 Å². The van der Waals surface area contributed by atoms with Crippen molar-refractivity contribution in [3.63, 3.8) is 0 Å². The third-order valence-electron chi connectivity index (χ3n) is 3.62. The topological polar surface area (TPSA) is 49.4 Å². The Kier molecular flexibility index (Phi) is 5.67. The van der Waals surface area contributed by atoms with Crippen LogP contribution < -0.4 is 5.32 Å². The van der Waals surface area contributed by atoms with Crippen molar-refractivity contribution in [2.45, 2.75) is 31.8 Å². The minimum Gasteiger partial charge on any atom is -0.355 e. The molecule has 1 aromatic carbocycles. The lowest BCUT2D eigenvalue weighted by molar-refractivity contribution is -0.131. The van der Waals surface area contributed by atoms with E-state index in [1.165, 1.54) is 0 Å². The van der Waals surface area contributed by atoms with Crippen LogP contribution in [0.5, 0.6) is 0 Å². The summed E-state index contributed by atoms with van der Waals surface area (Å²) in [7, 11) is 1.62. The van der Waals surface area contributed by atoms with Crippen molar-refractivity contribution in [3.05, 3.63) is 35.4 Å². The molecule has 0 atom stereocenters. The predicted molar refractivity (Wildman–Crippen MR) is 86.4 cm³/mol. The lowest BCUT2D eigenvalue weighted by Crippen LogP contribution is -2.32. The first-order valence-corrected chi connectivity index (χ1v) is 8.64. The van der Waals surface area contributed by atoms with Gasteiger partial charge in [0.1, 0.15) is 0 Å². The van der Waals surface area contributed by atoms with Gasteiger partial charge in [-0.2, -0.15) is 11.8 Å². The van der Waals surface area contributed by atoms with Crippen molar-refractivity contribution >= 4 is 23.6 Å². The van der Waals surface area contributed by atoms with Crippen molar-refractivity contribution in [2.75, 3.05) is 19.1 Å². The van der Waals surface area contributed by atoms with Gasteiger partial charge in [0.15, 0.2) is 0 Å². The molecule has 0 aromatic heterocycles. The second-order valence-corrected chi connectivity index (χ2v) is 6.26. The van der Waals surface area contributed by atoms with E-state index < -0.39 is 0 Å². The first kappa shape index (κ1) is 15.9. The van der Waals surface area contributed by atoms with E-state index in [0.717, 1.165) is 24.2 Å². The number of benzene rings is 1. The zero-order valence-corrected chi connectivity index (χ0v) is 13.4. The molecule has 1 saturated carbocycles. The lowest BCUT2D eigenvalue weighted by atomic mass is 10.1. The minimum atomic E-state index is -0.0864. The quantitative estimate of drug-likeness (QED) is 0.841. The molecule has 21 heavy (non-hydrogen) atoms. The fourth-order valence-corrected chi connectivity index (χ4v) is 2.62. The molecule has 0 heterocycles. The van der Waals surface area contributed by atoms with Crippen LogP contribution >= 0.6 is 11.8 Å². The normalized spacial score (nSPS) is 13.8. The Labute approximate surface area is 130 Å². The maximum absolute atomic E-state index is 12.3. The van der Waals surface area contributed by atoms with Crippen molar-refractivity contribution < 1.29 is 9.59 Å². The van der Waals surface area contributed by atoms with Crippen molar-refractivity contribution in [3.8, 4) is 0 Å². The van der Waals surface area contributed by atoms with Crippen LogP contribution in [0.3, 0.4) is 0 Å². The number of hydrogen-bond donors (Lipinski definition) is 1. The lowest BCUT2D eigenvalue weighted by Gasteiger charge is -2.22. The fraction of sp³-hybridized carbons (Fsp3) is 0.500. The van der Waals surface area contributed by atoms with E-state index >= 15 is 0 Å². The first-order valence-electron chi connectivity index (χ1n) is 7.25. The number of amides is 2. The Hall–Kier alpha value is -1.49. The van der Waals surface area contributed by atoms with Crippen LogP contribution in [0, 0.1) is 0 Å². The molecule has 0 saturated heterocycles. The van der Waals surface area contributed by atoms with Gasteiger partial charge in [-0.3, -0.25) is 9.59 Å². The fourth-order valence-electron chi connectivity index (χ4n) is 2.24. The molecule has 0 radical (unpaired) electrons. The Morgan fingerprint density at radius 1 is 1.29 bits per heavy atom. The van der Waals surface area contributed by atoms with Crippen LogP contribution in [0.15, 0.2) is 24.3 Å². The second kappa shape index (κ2) is 7.50. The second-order valence-electron chi connectivity index (χ2n) is 5.27. The van der Waals surface area contributed by atoms with E-state index in [1.807, 2.05) is 35.4 Å². The molecule has 1 aromatic rings. The molecule has 1 aliphatic carbocycles. The highest BCUT2D eigenvalue weighted by molar-refractivity contribution is 7.98. The summed E-state index contributed by atoms with van der Waals surface area (Å²) in [6, 6.07) is 7.90. The Bertz CT molecular complexity index is 498. The van der Waals surface area contributed by atoms with Crippen molar-refractivity contribution in [1.29, 1.82) is 0 Å². The molecule has 4 nitrogen and oxygen atoms in total. The van der Waals surface area contributed by atoms with Gasteiger partial charge >= 0.3 is 0 Å². The number of nitrogens with one attached hydrogen (secondary N) is 1. The van der Waals surface area contributed by atoms with Gasteiger partial charge in [-0.15, -0.1) is 0 Å². The Morgan fingerprint density at radius 3 is 2.48 bits per heavy atom. The van der Waals surface area contributed by atoms with E-state index in [1.54, 1.807) is 18.8 Å². The van der Waals surface area contributed by atoms with Crippen LogP contribution in [-0.4, -0.2) is 41.8 Å². The van der Waals surface area contributed by atoms with Gasteiger partial charge in [-0.05, 0) is 36.8 Å². The summed E-state index contributed by atoms with van der Waals surface area (Å²) in [5.74, 6) is 1.02. The van der Waals surface area contributed by atoms with Gasteiger partial charge in [0.05, 0.1) is 0 Å². The van der Waals surface area contributed by atoms with Crippen LogP contribution in [0.1, 0.15) is 35.2 Å². The summed E-state index contributed by atoms with van der Waals surface area (Å²) in [6.07, 6.45) is 4.85. The molecule has 1 aliphatic rings. The highest BCUT2D eigenvalue weighted by atomic mass is 32.2. The number of nitrogens with zero attached hydrogens (tertiary/aromatic N) is 1. The maximum Gasteiger partial charge on any atom is 0.251 e. The Balaban J connectivity index is 2.00. The summed E-state index contributed by atoms with van der Waals surface area (Å²) in [5.41, 5.74) is 1.72. The van der Waals surface area contributed by atoms with E-state index in [4.69, 9.17) is 0 Å². The van der Waals surface area contributed by atoms with Crippen molar-refractivity contribution in [2.24, 2.45) is 0 Å². The monoisotopic (exact) mass is 306 g/mol. The maximum atomic E-state index is 12.3. The first-order chi connectivity index (χ1) is 10.2. The molecule has 2 amide bonds. The molecular weight excluding hydrogens is 284 g/mol. The van der Waals surface area contributed by atoms with Gasteiger partial charge in [-0.25, -0.2) is 0 Å². The number of carbonyl (C=O) groups excluding carboxylic acids is 2. The van der Waals surface area contributed by atoms with Crippen LogP contribution in [-0.2, 0) is 11.3 Å². The molecule has 1 fully saturated rings. The average Bonchev–Trinajstić information content (AvgIpc) is 3.34. The molecule has 1 N–H and O–H groups in total. The van der Waals surface area contributed by atoms with E-state index in [2.05, 4.69) is 5.32 Å². The van der Waals surface area contributed by atoms with Crippen molar-refractivity contribution in [1.82, 2.24) is 10.2 Å². The number of carbonyl (C=O) groups is 2. The molecular formula is C16H22N2O2S. The number of thioether (sulfide) groups is 1. The number of rotatable bonds is 7. The van der Waals surface area contributed by atoms with Gasteiger partial charge in [-0.1, -0.05) is 12.1 Å². The molecule has 5 heteroatoms. The highest BCUT2D eigenvalue weighted by Gasteiger charge is 2.32. The standard InChI is InChI=1S/C16H22N2O2S/c1-17-16(20)13-5-3-12(4-6-13)11-18(14-7-8-14)15(19)9-10-21-2/h3-6,14H,7-11H2,1-2H3,(H,17,20). The van der Waals surface area contributed by atoms with Crippen LogP contribution in [0.25, 0.3) is 0 Å². The SMILES string of the molecule is CNC(=O)c1ccc(CN(C(=O)CCSC)C2CC2)cc1. The molecule has 2 rings (SSSR count). The van der Waals surface area contributed by atoms with Gasteiger partial charge in [0.2, 0.25) is 5.91 Å². The largest absolute Gasteiger partial charge is 0.355 e. The zero-order valence-electron chi connectivity index (χ0n) is 12.6. The van der Waals surface area contributed by atoms with Crippen LogP contribution in [0.2, 0.25) is 0 Å². The minimum absolute atomic E-state index is 0.0864. The predicted octanol–water partition coefficient (Wildman–Crippen LogP) is 2.29. The molecule has 114 valence electrons. The summed E-state index contributed by atoms with van der Waals surface area (Å²) in [4.78, 5) is 25.8. The summed E-state index contributed by atoms with van der Waals surface area (Å²) in [6.45, 7) is 0.645. The van der Waals surface area contributed by atoms with Gasteiger partial charge in [0.25, 0.3) is 5.91 Å². The van der Waals surface area contributed by atoms with Gasteiger partial charge < -0.3 is 10.2 Å². The third kappa shape index (κ3) is 4.49. The van der Waals surface area contributed by atoms with E-state index in [9.17, 15) is 9.59 Å². The zero-order chi connectivity index (χ0) is 15.2. The average molecular weight is 306 g/mol. The molecule has 0 unspecified atom stereocenters. The summed E-state index contributed by atoms with van der Waals surface area (Å²) < 4.78 is 0. The van der Waals surface area contributed by atoms with E-state index in [0.29, 0.717) is 24.6 Å². The molecule has 0 aliphatic heterocycles. The number of hydrogen-bond acceptors (Lipinski definition) is 3. The third-order valence-corrected chi connectivity index (χ3v) is 4.24. The molecule has 0 spiro atoms. The summed E-state index contributed by atoms with van der Waals surface area (Å²) in [5, 5.41) is 2.61. The van der Waals surface area contributed by atoms with Gasteiger partial charge in [0, 0.05) is 37.4 Å². The Morgan fingerprint density at radius 2 is 1.95 bits per heavy atom. The molecule has 0 bridgehead atoms.